The molecule has 25 heavy (non-hydrogen) atoms. The number of guanidine groups is 1. The number of aromatic nitrogens is 1. The van der Waals surface area contributed by atoms with Crippen molar-refractivity contribution in [2.24, 2.45) is 10.8 Å². The van der Waals surface area contributed by atoms with Crippen molar-refractivity contribution in [3.63, 3.8) is 0 Å². The molecule has 0 radical (unpaired) electrons. The van der Waals surface area contributed by atoms with E-state index in [0.717, 1.165) is 28.1 Å². The number of benzene rings is 1. The predicted octanol–water partition coefficient (Wildman–Crippen LogP) is 2.68. The standard InChI is InChI=1S/C17H18ClN5O.ClH/c1-9-6-15(24)21-13-7-10(11-4-2-3-5-12(11)18)8-14(16(9)13)22-23-17(19)20;/h2-6,10H,7-8H2,1H3,(H,21,24)(H4,19,20,23);1H/b22-14-;. The van der Waals surface area contributed by atoms with Crippen LogP contribution in [0.2, 0.25) is 5.02 Å². The topological polar surface area (TPSA) is 107 Å². The molecule has 0 saturated carbocycles. The van der Waals surface area contributed by atoms with Gasteiger partial charge >= 0.3 is 0 Å². The Kier molecular flexibility index (Phi) is 5.87. The molecule has 5 N–H and O–H groups in total. The van der Waals surface area contributed by atoms with E-state index in [1.807, 2.05) is 31.2 Å². The molecule has 0 spiro atoms. The van der Waals surface area contributed by atoms with Gasteiger partial charge in [0.15, 0.2) is 0 Å². The van der Waals surface area contributed by atoms with Crippen molar-refractivity contribution in [2.75, 3.05) is 0 Å². The molecule has 1 unspecified atom stereocenters. The lowest BCUT2D eigenvalue weighted by Crippen LogP contribution is -2.30. The fourth-order valence-corrected chi connectivity index (χ4v) is 3.51. The van der Waals surface area contributed by atoms with Gasteiger partial charge in [-0.3, -0.25) is 10.2 Å². The van der Waals surface area contributed by atoms with E-state index in [4.69, 9.17) is 22.7 Å². The summed E-state index contributed by atoms with van der Waals surface area (Å²) in [6.07, 6.45) is 1.32. The maximum Gasteiger partial charge on any atom is 0.248 e. The first kappa shape index (κ1) is 19.0. The first-order valence-corrected chi connectivity index (χ1v) is 7.97. The highest BCUT2D eigenvalue weighted by atomic mass is 35.5. The molecule has 1 atom stereocenters. The van der Waals surface area contributed by atoms with Gasteiger partial charge in [-0.15, -0.1) is 12.4 Å². The molecule has 0 saturated heterocycles. The molecule has 1 aromatic heterocycles. The number of fused-ring (bicyclic) bond motifs is 1. The summed E-state index contributed by atoms with van der Waals surface area (Å²) in [4.78, 5) is 14.8. The Hall–Kier alpha value is -2.31. The fraction of sp³-hybridized carbons (Fsp3) is 0.235. The number of aromatic amines is 1. The largest absolute Gasteiger partial charge is 0.369 e. The molecule has 1 heterocycles. The summed E-state index contributed by atoms with van der Waals surface area (Å²) in [6, 6.07) is 9.23. The number of rotatable bonds is 2. The van der Waals surface area contributed by atoms with Crippen molar-refractivity contribution in [2.45, 2.75) is 25.7 Å². The maximum absolute atomic E-state index is 11.9. The van der Waals surface area contributed by atoms with Crippen molar-refractivity contribution >= 4 is 35.7 Å². The lowest BCUT2D eigenvalue weighted by molar-refractivity contribution is 0.673. The van der Waals surface area contributed by atoms with Crippen molar-refractivity contribution in [3.05, 3.63) is 68.1 Å². The first-order chi connectivity index (χ1) is 11.5. The lowest BCUT2D eigenvalue weighted by atomic mass is 9.80. The van der Waals surface area contributed by atoms with Crippen LogP contribution >= 0.6 is 24.0 Å². The Morgan fingerprint density at radius 2 is 2.12 bits per heavy atom. The van der Waals surface area contributed by atoms with Crippen molar-refractivity contribution in [1.82, 2.24) is 10.4 Å². The van der Waals surface area contributed by atoms with Crippen molar-refractivity contribution in [3.8, 4) is 0 Å². The van der Waals surface area contributed by atoms with Gasteiger partial charge in [0.2, 0.25) is 11.5 Å². The van der Waals surface area contributed by atoms with Crippen LogP contribution in [0.15, 0.2) is 40.2 Å². The Balaban J connectivity index is 0.00000225. The van der Waals surface area contributed by atoms with Crippen LogP contribution in [0.1, 0.15) is 34.7 Å². The Morgan fingerprint density at radius 3 is 2.80 bits per heavy atom. The van der Waals surface area contributed by atoms with Gasteiger partial charge in [0.25, 0.3) is 0 Å². The molecule has 6 nitrogen and oxygen atoms in total. The zero-order chi connectivity index (χ0) is 17.3. The van der Waals surface area contributed by atoms with Crippen LogP contribution in [0.25, 0.3) is 0 Å². The van der Waals surface area contributed by atoms with Gasteiger partial charge in [0, 0.05) is 22.3 Å². The van der Waals surface area contributed by atoms with Crippen LogP contribution in [0, 0.1) is 12.3 Å². The Bertz CT molecular complexity index is 891. The SMILES string of the molecule is Cc1cc(=O)[nH]c2c1/C(=N\NC(=N)N)CC(c1ccccc1Cl)C2.Cl. The molecule has 1 aliphatic carbocycles. The summed E-state index contributed by atoms with van der Waals surface area (Å²) < 4.78 is 0. The minimum absolute atomic E-state index is 0. The van der Waals surface area contributed by atoms with Crippen LogP contribution in [0.4, 0.5) is 0 Å². The molecule has 0 fully saturated rings. The molecule has 0 amide bonds. The van der Waals surface area contributed by atoms with Gasteiger partial charge in [-0.2, -0.15) is 5.10 Å². The Labute approximate surface area is 156 Å². The second-order valence-corrected chi connectivity index (χ2v) is 6.29. The average molecular weight is 380 g/mol. The molecule has 132 valence electrons. The van der Waals surface area contributed by atoms with Gasteiger partial charge in [0.05, 0.1) is 5.71 Å². The number of halogens is 2. The van der Waals surface area contributed by atoms with E-state index in [9.17, 15) is 4.79 Å². The monoisotopic (exact) mass is 379 g/mol. The number of H-pyrrole nitrogens is 1. The molecule has 8 heteroatoms. The molecule has 2 aromatic rings. The van der Waals surface area contributed by atoms with Crippen LogP contribution in [0.5, 0.6) is 0 Å². The summed E-state index contributed by atoms with van der Waals surface area (Å²) >= 11 is 6.34. The van der Waals surface area contributed by atoms with Crippen LogP contribution in [-0.4, -0.2) is 16.7 Å². The number of hydrazone groups is 1. The predicted molar refractivity (Wildman–Crippen MR) is 103 cm³/mol. The minimum Gasteiger partial charge on any atom is -0.369 e. The molecule has 0 bridgehead atoms. The van der Waals surface area contributed by atoms with E-state index in [1.165, 1.54) is 0 Å². The summed E-state index contributed by atoms with van der Waals surface area (Å²) in [5.41, 5.74) is 12.1. The Morgan fingerprint density at radius 1 is 1.40 bits per heavy atom. The summed E-state index contributed by atoms with van der Waals surface area (Å²) in [5.74, 6) is -0.137. The second kappa shape index (κ2) is 7.72. The zero-order valence-electron chi connectivity index (χ0n) is 13.6. The number of nitrogens with zero attached hydrogens (tertiary/aromatic N) is 1. The normalized spacial score (nSPS) is 17.5. The van der Waals surface area contributed by atoms with E-state index < -0.39 is 0 Å². The summed E-state index contributed by atoms with van der Waals surface area (Å²) in [5, 5.41) is 12.3. The number of nitrogens with one attached hydrogen (secondary N) is 3. The number of hydrogen-bond donors (Lipinski definition) is 4. The van der Waals surface area contributed by atoms with Gasteiger partial charge in [-0.25, -0.2) is 5.43 Å². The number of pyridine rings is 1. The van der Waals surface area contributed by atoms with Crippen molar-refractivity contribution < 1.29 is 0 Å². The number of aryl methyl sites for hydroxylation is 1. The van der Waals surface area contributed by atoms with Gasteiger partial charge < -0.3 is 10.7 Å². The molecule has 3 rings (SSSR count). The lowest BCUT2D eigenvalue weighted by Gasteiger charge is -2.27. The highest BCUT2D eigenvalue weighted by Gasteiger charge is 2.28. The molecule has 1 aliphatic rings. The third-order valence-corrected chi connectivity index (χ3v) is 4.50. The molecule has 1 aromatic carbocycles. The zero-order valence-corrected chi connectivity index (χ0v) is 15.2. The van der Waals surface area contributed by atoms with E-state index >= 15 is 0 Å². The minimum atomic E-state index is -0.231. The maximum atomic E-state index is 11.9. The van der Waals surface area contributed by atoms with Crippen molar-refractivity contribution in [1.29, 1.82) is 5.41 Å². The van der Waals surface area contributed by atoms with Gasteiger partial charge in [-0.1, -0.05) is 29.8 Å². The fourth-order valence-electron chi connectivity index (χ4n) is 3.22. The van der Waals surface area contributed by atoms with Gasteiger partial charge in [-0.05, 0) is 42.9 Å². The second-order valence-electron chi connectivity index (χ2n) is 5.88. The third kappa shape index (κ3) is 4.03. The highest BCUT2D eigenvalue weighted by Crippen LogP contribution is 2.35. The molecular formula is C17H19Cl2N5O. The van der Waals surface area contributed by atoms with Gasteiger partial charge in [0.1, 0.15) is 0 Å². The number of nitrogens with two attached hydrogens (primary N) is 1. The highest BCUT2D eigenvalue weighted by molar-refractivity contribution is 6.31. The number of hydrogen-bond acceptors (Lipinski definition) is 3. The van der Waals surface area contributed by atoms with Crippen LogP contribution < -0.4 is 16.7 Å². The van der Waals surface area contributed by atoms with E-state index in [1.54, 1.807) is 6.07 Å². The van der Waals surface area contributed by atoms with Crippen LogP contribution in [0.3, 0.4) is 0 Å². The molecule has 0 aliphatic heterocycles. The summed E-state index contributed by atoms with van der Waals surface area (Å²) in [6.45, 7) is 1.88. The van der Waals surface area contributed by atoms with E-state index in [2.05, 4.69) is 15.5 Å². The van der Waals surface area contributed by atoms with E-state index in [-0.39, 0.29) is 29.8 Å². The smallest absolute Gasteiger partial charge is 0.248 e. The first-order valence-electron chi connectivity index (χ1n) is 7.60. The molecular weight excluding hydrogens is 361 g/mol. The third-order valence-electron chi connectivity index (χ3n) is 4.15. The van der Waals surface area contributed by atoms with Crippen LogP contribution in [-0.2, 0) is 6.42 Å². The van der Waals surface area contributed by atoms with E-state index in [0.29, 0.717) is 17.9 Å². The average Bonchev–Trinajstić information content (AvgIpc) is 2.52. The quantitative estimate of drug-likeness (QED) is 0.366. The summed E-state index contributed by atoms with van der Waals surface area (Å²) in [7, 11) is 0.